The molecule has 7 heteroatoms. The van der Waals surface area contributed by atoms with Gasteiger partial charge >= 0.3 is 0 Å². The number of amides is 1. The first kappa shape index (κ1) is 22.2. The summed E-state index contributed by atoms with van der Waals surface area (Å²) in [6.07, 6.45) is 4.14. The van der Waals surface area contributed by atoms with Gasteiger partial charge < -0.3 is 10.2 Å². The Hall–Kier alpha value is -1.44. The van der Waals surface area contributed by atoms with Crippen LogP contribution in [0.3, 0.4) is 0 Å². The van der Waals surface area contributed by atoms with Crippen LogP contribution in [-0.4, -0.2) is 62.3 Å². The number of nitrogens with zero attached hydrogens (tertiary/aromatic N) is 2. The van der Waals surface area contributed by atoms with Crippen LogP contribution in [0.2, 0.25) is 0 Å². The summed E-state index contributed by atoms with van der Waals surface area (Å²) in [6.45, 7) is 10.6. The predicted octanol–water partition coefficient (Wildman–Crippen LogP) is 2.96. The maximum absolute atomic E-state index is 13.0. The fourth-order valence-corrected chi connectivity index (χ4v) is 6.29. The first-order valence-electron chi connectivity index (χ1n) is 10.9. The highest BCUT2D eigenvalue weighted by atomic mass is 32.2. The maximum Gasteiger partial charge on any atom is 0.251 e. The minimum atomic E-state index is -3.51. The Labute approximate surface area is 175 Å². The van der Waals surface area contributed by atoms with E-state index in [2.05, 4.69) is 31.0 Å². The first-order valence-corrected chi connectivity index (χ1v) is 12.4. The lowest BCUT2D eigenvalue weighted by Crippen LogP contribution is -2.44. The molecule has 2 aliphatic rings. The van der Waals surface area contributed by atoms with E-state index >= 15 is 0 Å². The Balaban J connectivity index is 1.60. The van der Waals surface area contributed by atoms with E-state index in [1.807, 2.05) is 0 Å². The van der Waals surface area contributed by atoms with Gasteiger partial charge in [0.15, 0.2) is 0 Å². The van der Waals surface area contributed by atoms with Crippen molar-refractivity contribution in [2.75, 3.05) is 32.7 Å². The Morgan fingerprint density at radius 3 is 2.21 bits per heavy atom. The Bertz CT molecular complexity index is 776. The lowest BCUT2D eigenvalue weighted by atomic mass is 9.94. The molecule has 3 rings (SSSR count). The van der Waals surface area contributed by atoms with Gasteiger partial charge in [-0.05, 0) is 68.3 Å². The molecular weight excluding hydrogens is 386 g/mol. The van der Waals surface area contributed by atoms with Crippen molar-refractivity contribution in [2.24, 2.45) is 11.8 Å². The SMILES string of the molecule is CCCN1CCC(NC(=O)c2ccc(S(=O)(=O)N3C[C@H](C)C[C@H](C)C3)cc2)CC1. The van der Waals surface area contributed by atoms with Crippen LogP contribution in [0.1, 0.15) is 56.8 Å². The van der Waals surface area contributed by atoms with E-state index in [0.717, 1.165) is 45.3 Å². The molecule has 6 nitrogen and oxygen atoms in total. The third kappa shape index (κ3) is 5.58. The van der Waals surface area contributed by atoms with Crippen molar-refractivity contribution in [3.05, 3.63) is 29.8 Å². The van der Waals surface area contributed by atoms with E-state index in [1.165, 1.54) is 0 Å². The minimum absolute atomic E-state index is 0.122. The van der Waals surface area contributed by atoms with Crippen LogP contribution in [0.15, 0.2) is 29.2 Å². The molecule has 1 amide bonds. The van der Waals surface area contributed by atoms with Crippen LogP contribution in [0.4, 0.5) is 0 Å². The molecule has 0 saturated carbocycles. The smallest absolute Gasteiger partial charge is 0.251 e. The maximum atomic E-state index is 13.0. The number of carbonyl (C=O) groups is 1. The second-order valence-corrected chi connectivity index (χ2v) is 10.8. The predicted molar refractivity (Wildman–Crippen MR) is 115 cm³/mol. The zero-order valence-corrected chi connectivity index (χ0v) is 18.7. The molecule has 0 aliphatic carbocycles. The third-order valence-corrected chi connectivity index (χ3v) is 7.90. The first-order chi connectivity index (χ1) is 13.8. The zero-order valence-electron chi connectivity index (χ0n) is 17.9. The van der Waals surface area contributed by atoms with Crippen molar-refractivity contribution in [1.29, 1.82) is 0 Å². The molecule has 0 aromatic heterocycles. The van der Waals surface area contributed by atoms with Gasteiger partial charge in [0.2, 0.25) is 10.0 Å². The third-order valence-electron chi connectivity index (χ3n) is 6.05. The van der Waals surface area contributed by atoms with Gasteiger partial charge in [-0.3, -0.25) is 4.79 Å². The van der Waals surface area contributed by atoms with Crippen molar-refractivity contribution >= 4 is 15.9 Å². The van der Waals surface area contributed by atoms with Crippen molar-refractivity contribution < 1.29 is 13.2 Å². The van der Waals surface area contributed by atoms with Crippen LogP contribution in [0.25, 0.3) is 0 Å². The molecule has 1 N–H and O–H groups in total. The quantitative estimate of drug-likeness (QED) is 0.767. The van der Waals surface area contributed by atoms with Gasteiger partial charge in [-0.2, -0.15) is 4.31 Å². The standard InChI is InChI=1S/C22H35N3O3S/c1-4-11-24-12-9-20(10-13-24)23-22(26)19-5-7-21(8-6-19)29(27,28)25-15-17(2)14-18(3)16-25/h5-8,17-18,20H,4,9-16H2,1-3H3,(H,23,26)/t17-,18+. The average molecular weight is 422 g/mol. The highest BCUT2D eigenvalue weighted by Crippen LogP contribution is 2.26. The number of sulfonamides is 1. The molecule has 0 unspecified atom stereocenters. The molecule has 0 spiro atoms. The Kier molecular flexibility index (Phi) is 7.35. The van der Waals surface area contributed by atoms with Gasteiger partial charge in [0.05, 0.1) is 4.90 Å². The number of hydrogen-bond donors (Lipinski definition) is 1. The van der Waals surface area contributed by atoms with Gasteiger partial charge in [0.25, 0.3) is 5.91 Å². The van der Waals surface area contributed by atoms with Gasteiger partial charge in [0.1, 0.15) is 0 Å². The van der Waals surface area contributed by atoms with E-state index in [9.17, 15) is 13.2 Å². The summed E-state index contributed by atoms with van der Waals surface area (Å²) in [5.74, 6) is 0.604. The summed E-state index contributed by atoms with van der Waals surface area (Å²) in [5.41, 5.74) is 0.514. The Morgan fingerprint density at radius 2 is 1.66 bits per heavy atom. The Morgan fingerprint density at radius 1 is 1.07 bits per heavy atom. The van der Waals surface area contributed by atoms with Gasteiger partial charge in [0, 0.05) is 37.8 Å². The number of hydrogen-bond acceptors (Lipinski definition) is 4. The molecule has 2 aliphatic heterocycles. The largest absolute Gasteiger partial charge is 0.349 e. The molecule has 0 bridgehead atoms. The topological polar surface area (TPSA) is 69.7 Å². The number of nitrogens with one attached hydrogen (secondary N) is 1. The number of piperidine rings is 2. The number of carbonyl (C=O) groups excluding carboxylic acids is 1. The summed E-state index contributed by atoms with van der Waals surface area (Å²) < 4.78 is 27.6. The zero-order chi connectivity index (χ0) is 21.0. The van der Waals surface area contributed by atoms with E-state index in [1.54, 1.807) is 28.6 Å². The van der Waals surface area contributed by atoms with E-state index < -0.39 is 10.0 Å². The van der Waals surface area contributed by atoms with Crippen LogP contribution in [-0.2, 0) is 10.0 Å². The number of benzene rings is 1. The van der Waals surface area contributed by atoms with E-state index in [4.69, 9.17) is 0 Å². The van der Waals surface area contributed by atoms with Crippen molar-refractivity contribution in [2.45, 2.75) is 57.4 Å². The molecule has 162 valence electrons. The average Bonchev–Trinajstić information content (AvgIpc) is 2.69. The summed E-state index contributed by atoms with van der Waals surface area (Å²) >= 11 is 0. The fourth-order valence-electron chi connectivity index (χ4n) is 4.62. The van der Waals surface area contributed by atoms with Crippen LogP contribution in [0.5, 0.6) is 0 Å². The second-order valence-electron chi connectivity index (χ2n) is 8.88. The summed E-state index contributed by atoms with van der Waals surface area (Å²) in [4.78, 5) is 15.3. The molecule has 1 aromatic carbocycles. The minimum Gasteiger partial charge on any atom is -0.349 e. The summed E-state index contributed by atoms with van der Waals surface area (Å²) in [5, 5.41) is 3.11. The van der Waals surface area contributed by atoms with Crippen LogP contribution in [0, 0.1) is 11.8 Å². The summed E-state index contributed by atoms with van der Waals surface area (Å²) in [7, 11) is -3.51. The molecule has 29 heavy (non-hydrogen) atoms. The van der Waals surface area contributed by atoms with Gasteiger partial charge in [-0.25, -0.2) is 8.42 Å². The van der Waals surface area contributed by atoms with Crippen LogP contribution >= 0.6 is 0 Å². The molecule has 2 fully saturated rings. The highest BCUT2D eigenvalue weighted by Gasteiger charge is 2.31. The number of rotatable bonds is 6. The van der Waals surface area contributed by atoms with Crippen molar-refractivity contribution in [1.82, 2.24) is 14.5 Å². The fraction of sp³-hybridized carbons (Fsp3) is 0.682. The normalized spacial score (nSPS) is 25.1. The van der Waals surface area contributed by atoms with E-state index in [0.29, 0.717) is 30.5 Å². The van der Waals surface area contributed by atoms with Crippen molar-refractivity contribution in [3.8, 4) is 0 Å². The van der Waals surface area contributed by atoms with Crippen molar-refractivity contribution in [3.63, 3.8) is 0 Å². The molecule has 2 atom stereocenters. The van der Waals surface area contributed by atoms with Gasteiger partial charge in [-0.1, -0.05) is 20.8 Å². The molecule has 1 aromatic rings. The lowest BCUT2D eigenvalue weighted by Gasteiger charge is -2.34. The molecule has 2 saturated heterocycles. The highest BCUT2D eigenvalue weighted by molar-refractivity contribution is 7.89. The molecular formula is C22H35N3O3S. The second kappa shape index (κ2) is 9.58. The molecule has 0 radical (unpaired) electrons. The molecule has 2 heterocycles. The van der Waals surface area contributed by atoms with Gasteiger partial charge in [-0.15, -0.1) is 0 Å². The number of likely N-dealkylation sites (tertiary alicyclic amines) is 1. The lowest BCUT2D eigenvalue weighted by molar-refractivity contribution is 0.0911. The van der Waals surface area contributed by atoms with Crippen LogP contribution < -0.4 is 5.32 Å². The monoisotopic (exact) mass is 421 g/mol. The van der Waals surface area contributed by atoms with E-state index in [-0.39, 0.29) is 16.8 Å². The summed E-state index contributed by atoms with van der Waals surface area (Å²) in [6, 6.07) is 6.59.